The van der Waals surface area contributed by atoms with E-state index in [0.29, 0.717) is 12.0 Å². The van der Waals surface area contributed by atoms with Crippen molar-refractivity contribution in [3.63, 3.8) is 0 Å². The Bertz CT molecular complexity index is 1610. The summed E-state index contributed by atoms with van der Waals surface area (Å²) in [5.41, 5.74) is 6.53. The number of hydrogen-bond donors (Lipinski definition) is 4. The number of hydrazine groups is 1. The van der Waals surface area contributed by atoms with Crippen molar-refractivity contribution < 1.29 is 31.2 Å². The zero-order chi connectivity index (χ0) is 28.8. The average Bonchev–Trinajstić information content (AvgIpc) is 2.92. The number of sulfonamides is 1. The van der Waals surface area contributed by atoms with Crippen molar-refractivity contribution in [3.8, 4) is 0 Å². The van der Waals surface area contributed by atoms with Crippen molar-refractivity contribution in [1.29, 1.82) is 0 Å². The van der Waals surface area contributed by atoms with E-state index in [1.165, 1.54) is 47.9 Å². The van der Waals surface area contributed by atoms with Crippen molar-refractivity contribution in [2.45, 2.75) is 17.5 Å². The normalized spacial score (nSPS) is 11.4. The molecule has 0 spiro atoms. The summed E-state index contributed by atoms with van der Waals surface area (Å²) in [5, 5.41) is 2.71. The summed E-state index contributed by atoms with van der Waals surface area (Å²) in [5.74, 6) is -2.58. The summed E-state index contributed by atoms with van der Waals surface area (Å²) < 4.78 is 65.0. The number of halogens is 3. The van der Waals surface area contributed by atoms with Gasteiger partial charge in [0.05, 0.1) is 10.6 Å². The molecular weight excluding hydrogens is 545 g/mol. The zero-order valence-corrected chi connectivity index (χ0v) is 21.5. The van der Waals surface area contributed by atoms with Crippen LogP contribution >= 0.6 is 0 Å². The second kappa shape index (κ2) is 11.9. The predicted molar refractivity (Wildman–Crippen MR) is 145 cm³/mol. The van der Waals surface area contributed by atoms with Crippen LogP contribution in [0, 0.1) is 0 Å². The summed E-state index contributed by atoms with van der Waals surface area (Å²) in [6.07, 6.45) is -4.40. The predicted octanol–water partition coefficient (Wildman–Crippen LogP) is 5.34. The molecule has 40 heavy (non-hydrogen) atoms. The molecule has 0 saturated carbocycles. The topological polar surface area (TPSA) is 116 Å². The number of benzene rings is 4. The van der Waals surface area contributed by atoms with Crippen molar-refractivity contribution in [2.75, 3.05) is 15.5 Å². The molecule has 0 unspecified atom stereocenters. The van der Waals surface area contributed by atoms with Crippen LogP contribution in [-0.2, 0) is 21.2 Å². The van der Waals surface area contributed by atoms with Gasteiger partial charge in [0.2, 0.25) is 0 Å². The van der Waals surface area contributed by atoms with Gasteiger partial charge in [0.15, 0.2) is 0 Å². The van der Waals surface area contributed by atoms with E-state index in [2.05, 4.69) is 15.5 Å². The highest BCUT2D eigenvalue weighted by Gasteiger charge is 2.38. The van der Waals surface area contributed by atoms with E-state index in [1.54, 1.807) is 24.3 Å². The van der Waals surface area contributed by atoms with Crippen LogP contribution in [0.2, 0.25) is 0 Å². The molecule has 0 aliphatic heterocycles. The zero-order valence-electron chi connectivity index (χ0n) is 20.7. The van der Waals surface area contributed by atoms with Crippen LogP contribution < -0.4 is 20.9 Å². The van der Waals surface area contributed by atoms with Gasteiger partial charge >= 0.3 is 12.1 Å². The quantitative estimate of drug-likeness (QED) is 0.204. The molecule has 4 aromatic rings. The SMILES string of the molecule is O=C(Nc1cccc(S(=O)(=O)Nc2ccc(NNC(=O)C(F)(F)F)cc2)c1)c1cccc(Cc2ccccc2)c1. The molecular formula is C28H23F3N4O4S. The fourth-order valence-electron chi connectivity index (χ4n) is 3.63. The van der Waals surface area contributed by atoms with Gasteiger partial charge in [-0.1, -0.05) is 48.5 Å². The molecule has 0 saturated heterocycles. The number of alkyl halides is 3. The minimum Gasteiger partial charge on any atom is -0.322 e. The van der Waals surface area contributed by atoms with Crippen LogP contribution in [0.4, 0.5) is 30.2 Å². The lowest BCUT2D eigenvalue weighted by atomic mass is 10.0. The van der Waals surface area contributed by atoms with E-state index < -0.39 is 28.0 Å². The lowest BCUT2D eigenvalue weighted by Crippen LogP contribution is -2.40. The number of carbonyl (C=O) groups is 2. The third-order valence-electron chi connectivity index (χ3n) is 5.56. The van der Waals surface area contributed by atoms with E-state index >= 15 is 0 Å². The van der Waals surface area contributed by atoms with E-state index in [0.717, 1.165) is 11.1 Å². The van der Waals surface area contributed by atoms with Crippen molar-refractivity contribution in [1.82, 2.24) is 5.43 Å². The number of carbonyl (C=O) groups excluding carboxylic acids is 2. The Morgan fingerprint density at radius 2 is 1.35 bits per heavy atom. The number of anilines is 3. The molecule has 0 atom stereocenters. The second-order valence-corrected chi connectivity index (χ2v) is 10.3. The van der Waals surface area contributed by atoms with Gasteiger partial charge in [0.25, 0.3) is 15.9 Å². The minimum atomic E-state index is -5.05. The number of rotatable bonds is 9. The average molecular weight is 569 g/mol. The van der Waals surface area contributed by atoms with Gasteiger partial charge in [-0.25, -0.2) is 8.42 Å². The molecule has 12 heteroatoms. The van der Waals surface area contributed by atoms with Gasteiger partial charge in [0.1, 0.15) is 0 Å². The first kappa shape index (κ1) is 28.2. The second-order valence-electron chi connectivity index (χ2n) is 8.60. The molecule has 0 aliphatic carbocycles. The maximum atomic E-state index is 12.9. The van der Waals surface area contributed by atoms with E-state index in [4.69, 9.17) is 0 Å². The highest BCUT2D eigenvalue weighted by atomic mass is 32.2. The fourth-order valence-corrected chi connectivity index (χ4v) is 4.74. The Morgan fingerprint density at radius 3 is 2.05 bits per heavy atom. The molecule has 4 rings (SSSR count). The van der Waals surface area contributed by atoms with Crippen LogP contribution in [-0.4, -0.2) is 26.4 Å². The summed E-state index contributed by atoms with van der Waals surface area (Å²) in [6, 6.07) is 27.8. The molecule has 4 N–H and O–H groups in total. The first-order valence-electron chi connectivity index (χ1n) is 11.8. The molecule has 8 nitrogen and oxygen atoms in total. The van der Waals surface area contributed by atoms with Gasteiger partial charge in [-0.3, -0.25) is 25.2 Å². The maximum Gasteiger partial charge on any atom is 0.472 e. The molecule has 206 valence electrons. The van der Waals surface area contributed by atoms with Gasteiger partial charge in [-0.15, -0.1) is 0 Å². The Labute approximate surface area is 228 Å². The highest BCUT2D eigenvalue weighted by Crippen LogP contribution is 2.22. The molecule has 0 heterocycles. The van der Waals surface area contributed by atoms with E-state index in [-0.39, 0.29) is 22.0 Å². The lowest BCUT2D eigenvalue weighted by Gasteiger charge is -2.12. The minimum absolute atomic E-state index is 0.0955. The molecule has 4 aromatic carbocycles. The number of hydrogen-bond acceptors (Lipinski definition) is 5. The first-order chi connectivity index (χ1) is 19.0. The number of amides is 2. The van der Waals surface area contributed by atoms with Crippen molar-refractivity contribution in [2.24, 2.45) is 0 Å². The van der Waals surface area contributed by atoms with E-state index in [9.17, 15) is 31.2 Å². The third-order valence-corrected chi connectivity index (χ3v) is 6.94. The molecule has 0 bridgehead atoms. The van der Waals surface area contributed by atoms with Gasteiger partial charge < -0.3 is 5.32 Å². The summed E-state index contributed by atoms with van der Waals surface area (Å²) in [4.78, 5) is 23.7. The molecule has 0 aliphatic rings. The Kier molecular flexibility index (Phi) is 8.39. The summed E-state index contributed by atoms with van der Waals surface area (Å²) in [6.45, 7) is 0. The van der Waals surface area contributed by atoms with Crippen LogP contribution in [0.5, 0.6) is 0 Å². The molecule has 0 aromatic heterocycles. The van der Waals surface area contributed by atoms with Gasteiger partial charge in [-0.05, 0) is 72.1 Å². The molecule has 0 fully saturated rings. The van der Waals surface area contributed by atoms with Crippen LogP contribution in [0.25, 0.3) is 0 Å². The maximum absolute atomic E-state index is 12.9. The Hall–Kier alpha value is -4.84. The van der Waals surface area contributed by atoms with Crippen molar-refractivity contribution in [3.05, 3.63) is 120 Å². The van der Waals surface area contributed by atoms with Crippen LogP contribution in [0.15, 0.2) is 108 Å². The Balaban J connectivity index is 1.40. The molecule has 2 amide bonds. The highest BCUT2D eigenvalue weighted by molar-refractivity contribution is 7.92. The monoisotopic (exact) mass is 568 g/mol. The smallest absolute Gasteiger partial charge is 0.322 e. The van der Waals surface area contributed by atoms with Crippen LogP contribution in [0.1, 0.15) is 21.5 Å². The Morgan fingerprint density at radius 1 is 0.700 bits per heavy atom. The fraction of sp³-hybridized carbons (Fsp3) is 0.0714. The summed E-state index contributed by atoms with van der Waals surface area (Å²) in [7, 11) is -4.08. The first-order valence-corrected chi connectivity index (χ1v) is 13.3. The van der Waals surface area contributed by atoms with Crippen LogP contribution in [0.3, 0.4) is 0 Å². The standard InChI is InChI=1S/C28H23F3N4O4S/c29-28(30,31)27(37)34-33-22-12-14-23(15-13-22)35-40(38,39)25-11-5-10-24(18-25)32-26(36)21-9-4-8-20(17-21)16-19-6-2-1-3-7-19/h1-15,17-18,33,35H,16H2,(H,32,36)(H,34,37). The summed E-state index contributed by atoms with van der Waals surface area (Å²) >= 11 is 0. The van der Waals surface area contributed by atoms with Gasteiger partial charge in [0, 0.05) is 16.9 Å². The largest absolute Gasteiger partial charge is 0.472 e. The number of nitrogens with one attached hydrogen (secondary N) is 4. The van der Waals surface area contributed by atoms with E-state index in [1.807, 2.05) is 36.4 Å². The molecule has 0 radical (unpaired) electrons. The van der Waals surface area contributed by atoms with Gasteiger partial charge in [-0.2, -0.15) is 13.2 Å². The lowest BCUT2D eigenvalue weighted by molar-refractivity contribution is -0.173. The van der Waals surface area contributed by atoms with Crippen molar-refractivity contribution >= 4 is 38.9 Å². The third kappa shape index (κ3) is 7.60.